The molecule has 0 radical (unpaired) electrons. The molecule has 6 nitrogen and oxygen atoms in total. The van der Waals surface area contributed by atoms with Crippen molar-refractivity contribution in [1.82, 2.24) is 25.5 Å². The fourth-order valence-corrected chi connectivity index (χ4v) is 2.57. The Kier molecular flexibility index (Phi) is 3.97. The van der Waals surface area contributed by atoms with Crippen molar-refractivity contribution in [3.05, 3.63) is 5.82 Å². The lowest BCUT2D eigenvalue weighted by Crippen LogP contribution is -2.52. The van der Waals surface area contributed by atoms with Crippen LogP contribution in [0.3, 0.4) is 0 Å². The van der Waals surface area contributed by atoms with Gasteiger partial charge in [-0.2, -0.15) is 0 Å². The summed E-state index contributed by atoms with van der Waals surface area (Å²) in [5.74, 6) is 0.907. The van der Waals surface area contributed by atoms with Gasteiger partial charge in [0.05, 0.1) is 18.7 Å². The first-order valence-corrected chi connectivity index (χ1v) is 6.70. The Bertz CT molecular complexity index is 390. The predicted octanol–water partition coefficient (Wildman–Crippen LogP) is 1.16. The molecule has 0 amide bonds. The average molecular weight is 253 g/mol. The number of nitrogens with one attached hydrogen (secondary N) is 1. The molecule has 6 heteroatoms. The summed E-state index contributed by atoms with van der Waals surface area (Å²) in [6, 6.07) is 0.331. The normalized spacial score (nSPS) is 26.0. The molecule has 1 aromatic heterocycles. The molecule has 18 heavy (non-hydrogen) atoms. The van der Waals surface area contributed by atoms with Crippen LogP contribution in [0.4, 0.5) is 0 Å². The van der Waals surface area contributed by atoms with Gasteiger partial charge in [0.15, 0.2) is 5.82 Å². The van der Waals surface area contributed by atoms with Gasteiger partial charge in [0.2, 0.25) is 0 Å². The number of tetrazole rings is 1. The van der Waals surface area contributed by atoms with Crippen LogP contribution in [0.5, 0.6) is 0 Å². The predicted molar refractivity (Wildman–Crippen MR) is 68.0 cm³/mol. The number of aromatic nitrogens is 4. The molecule has 1 heterocycles. The molecule has 0 aliphatic heterocycles. The van der Waals surface area contributed by atoms with Crippen molar-refractivity contribution in [2.45, 2.75) is 52.8 Å². The summed E-state index contributed by atoms with van der Waals surface area (Å²) in [6.45, 7) is 11.0. The Morgan fingerprint density at radius 2 is 2.22 bits per heavy atom. The lowest BCUT2D eigenvalue weighted by molar-refractivity contribution is -0.132. The Morgan fingerprint density at radius 3 is 2.83 bits per heavy atom. The SMILES string of the molecule is CCNCc1nnnn1C1CC(OCC)C1(C)C. The van der Waals surface area contributed by atoms with Crippen LogP contribution in [0.2, 0.25) is 0 Å². The van der Waals surface area contributed by atoms with E-state index in [4.69, 9.17) is 4.74 Å². The summed E-state index contributed by atoms with van der Waals surface area (Å²) in [4.78, 5) is 0. The second-order valence-electron chi connectivity index (χ2n) is 5.34. The largest absolute Gasteiger partial charge is 0.378 e. The quantitative estimate of drug-likeness (QED) is 0.824. The molecule has 0 spiro atoms. The highest BCUT2D eigenvalue weighted by atomic mass is 16.5. The average Bonchev–Trinajstić information content (AvgIpc) is 2.79. The molecule has 1 saturated carbocycles. The zero-order chi connectivity index (χ0) is 13.2. The van der Waals surface area contributed by atoms with E-state index in [1.54, 1.807) is 0 Å². The van der Waals surface area contributed by atoms with Crippen LogP contribution in [0, 0.1) is 5.41 Å². The Balaban J connectivity index is 2.07. The molecule has 1 fully saturated rings. The molecule has 2 unspecified atom stereocenters. The molecule has 2 rings (SSSR count). The van der Waals surface area contributed by atoms with Gasteiger partial charge in [-0.3, -0.25) is 0 Å². The summed E-state index contributed by atoms with van der Waals surface area (Å²) in [5, 5.41) is 15.3. The summed E-state index contributed by atoms with van der Waals surface area (Å²) < 4.78 is 7.70. The number of hydrogen-bond donors (Lipinski definition) is 1. The summed E-state index contributed by atoms with van der Waals surface area (Å²) >= 11 is 0. The van der Waals surface area contributed by atoms with Crippen molar-refractivity contribution < 1.29 is 4.74 Å². The van der Waals surface area contributed by atoms with E-state index in [-0.39, 0.29) is 5.41 Å². The van der Waals surface area contributed by atoms with Crippen molar-refractivity contribution in [2.75, 3.05) is 13.2 Å². The second-order valence-corrected chi connectivity index (χ2v) is 5.34. The van der Waals surface area contributed by atoms with Gasteiger partial charge in [-0.25, -0.2) is 4.68 Å². The van der Waals surface area contributed by atoms with E-state index in [1.165, 1.54) is 0 Å². The molecule has 1 aromatic rings. The lowest BCUT2D eigenvalue weighted by Gasteiger charge is -2.51. The Labute approximate surface area is 108 Å². The van der Waals surface area contributed by atoms with Crippen LogP contribution in [0.15, 0.2) is 0 Å². The smallest absolute Gasteiger partial charge is 0.165 e. The standard InChI is InChI=1S/C12H23N5O/c1-5-13-8-11-14-15-16-17(11)9-7-10(18-6-2)12(9,3)4/h9-10,13H,5-8H2,1-4H3. The molecule has 0 bridgehead atoms. The van der Waals surface area contributed by atoms with Crippen LogP contribution >= 0.6 is 0 Å². The maximum atomic E-state index is 5.74. The topological polar surface area (TPSA) is 64.9 Å². The van der Waals surface area contributed by atoms with Crippen LogP contribution in [0.25, 0.3) is 0 Å². The van der Waals surface area contributed by atoms with Gasteiger partial charge in [-0.1, -0.05) is 20.8 Å². The van der Waals surface area contributed by atoms with Gasteiger partial charge in [0.1, 0.15) is 0 Å². The van der Waals surface area contributed by atoms with E-state index < -0.39 is 0 Å². The van der Waals surface area contributed by atoms with Gasteiger partial charge in [-0.05, 0) is 30.3 Å². The zero-order valence-corrected chi connectivity index (χ0v) is 11.7. The third-order valence-corrected chi connectivity index (χ3v) is 3.88. The maximum absolute atomic E-state index is 5.74. The minimum Gasteiger partial charge on any atom is -0.378 e. The molecule has 2 atom stereocenters. The Hall–Kier alpha value is -1.01. The monoisotopic (exact) mass is 253 g/mol. The second kappa shape index (κ2) is 5.32. The van der Waals surface area contributed by atoms with E-state index in [0.29, 0.717) is 12.1 Å². The summed E-state index contributed by atoms with van der Waals surface area (Å²) in [5.41, 5.74) is 0.0896. The van der Waals surface area contributed by atoms with E-state index in [1.807, 2.05) is 11.6 Å². The van der Waals surface area contributed by atoms with Gasteiger partial charge < -0.3 is 10.1 Å². The van der Waals surface area contributed by atoms with Crippen molar-refractivity contribution >= 4 is 0 Å². The molecule has 102 valence electrons. The fraction of sp³-hybridized carbons (Fsp3) is 0.917. The fourth-order valence-electron chi connectivity index (χ4n) is 2.57. The molecule has 0 saturated heterocycles. The third kappa shape index (κ3) is 2.27. The first-order valence-electron chi connectivity index (χ1n) is 6.70. The molecular weight excluding hydrogens is 230 g/mol. The van der Waals surface area contributed by atoms with Gasteiger partial charge >= 0.3 is 0 Å². The van der Waals surface area contributed by atoms with Gasteiger partial charge in [-0.15, -0.1) is 5.10 Å². The van der Waals surface area contributed by atoms with Crippen LogP contribution in [0.1, 0.15) is 46.0 Å². The minimum absolute atomic E-state index is 0.0896. The summed E-state index contributed by atoms with van der Waals surface area (Å²) in [6.07, 6.45) is 1.30. The number of nitrogens with zero attached hydrogens (tertiary/aromatic N) is 4. The number of ether oxygens (including phenoxy) is 1. The highest BCUT2D eigenvalue weighted by molar-refractivity contribution is 5.03. The highest BCUT2D eigenvalue weighted by Crippen LogP contribution is 2.51. The number of hydrogen-bond acceptors (Lipinski definition) is 5. The van der Waals surface area contributed by atoms with Crippen LogP contribution in [-0.2, 0) is 11.3 Å². The molecule has 1 N–H and O–H groups in total. The minimum atomic E-state index is 0.0896. The van der Waals surface area contributed by atoms with Crippen molar-refractivity contribution in [3.8, 4) is 0 Å². The van der Waals surface area contributed by atoms with Gasteiger partial charge in [0.25, 0.3) is 0 Å². The van der Waals surface area contributed by atoms with Crippen LogP contribution in [-0.4, -0.2) is 39.5 Å². The van der Waals surface area contributed by atoms with Crippen LogP contribution < -0.4 is 5.32 Å². The zero-order valence-electron chi connectivity index (χ0n) is 11.7. The first kappa shape index (κ1) is 13.4. The van der Waals surface area contributed by atoms with E-state index in [0.717, 1.165) is 31.9 Å². The molecule has 0 aromatic carbocycles. The van der Waals surface area contributed by atoms with E-state index in [9.17, 15) is 0 Å². The van der Waals surface area contributed by atoms with E-state index in [2.05, 4.69) is 41.6 Å². The van der Waals surface area contributed by atoms with Crippen molar-refractivity contribution in [1.29, 1.82) is 0 Å². The highest BCUT2D eigenvalue weighted by Gasteiger charge is 2.51. The maximum Gasteiger partial charge on any atom is 0.165 e. The molecule has 1 aliphatic rings. The third-order valence-electron chi connectivity index (χ3n) is 3.88. The van der Waals surface area contributed by atoms with Crippen molar-refractivity contribution in [3.63, 3.8) is 0 Å². The first-order chi connectivity index (χ1) is 8.61. The number of rotatable bonds is 6. The van der Waals surface area contributed by atoms with Gasteiger partial charge in [0, 0.05) is 12.0 Å². The van der Waals surface area contributed by atoms with E-state index >= 15 is 0 Å². The lowest BCUT2D eigenvalue weighted by atomic mass is 9.64. The molecule has 1 aliphatic carbocycles. The molecular formula is C12H23N5O. The summed E-state index contributed by atoms with van der Waals surface area (Å²) in [7, 11) is 0. The van der Waals surface area contributed by atoms with Crippen molar-refractivity contribution in [2.24, 2.45) is 5.41 Å². The Morgan fingerprint density at radius 1 is 1.44 bits per heavy atom.